The molecule has 0 saturated heterocycles. The number of amides is 2. The van der Waals surface area contributed by atoms with Crippen molar-refractivity contribution in [1.29, 1.82) is 0 Å². The van der Waals surface area contributed by atoms with Crippen LogP contribution in [-0.4, -0.2) is 34.8 Å². The average Bonchev–Trinajstić information content (AvgIpc) is 3.35. The van der Waals surface area contributed by atoms with Crippen LogP contribution in [0, 0.1) is 6.92 Å². The third kappa shape index (κ3) is 4.23. The molecule has 0 atom stereocenters. The van der Waals surface area contributed by atoms with Gasteiger partial charge in [0.15, 0.2) is 11.7 Å². The fourth-order valence-corrected chi connectivity index (χ4v) is 4.62. The Kier molecular flexibility index (Phi) is 5.40. The van der Waals surface area contributed by atoms with Gasteiger partial charge in [0.05, 0.1) is 17.8 Å². The number of ether oxygens (including phenoxy) is 1. The van der Waals surface area contributed by atoms with E-state index < -0.39 is 0 Å². The summed E-state index contributed by atoms with van der Waals surface area (Å²) in [5, 5.41) is 7.09. The van der Waals surface area contributed by atoms with E-state index in [-0.39, 0.29) is 18.4 Å². The molecule has 1 aliphatic rings. The monoisotopic (exact) mass is 413 g/mol. The van der Waals surface area contributed by atoms with Crippen molar-refractivity contribution >= 4 is 39.6 Å². The van der Waals surface area contributed by atoms with Gasteiger partial charge in [-0.15, -0.1) is 0 Å². The highest BCUT2D eigenvalue weighted by molar-refractivity contribution is 7.16. The lowest BCUT2D eigenvalue weighted by Gasteiger charge is -2.26. The normalized spacial score (nSPS) is 13.1. The Morgan fingerprint density at radius 1 is 1.32 bits per heavy atom. The maximum Gasteiger partial charge on any atom is 0.260 e. The summed E-state index contributed by atoms with van der Waals surface area (Å²) in [4.78, 5) is 32.0. The summed E-state index contributed by atoms with van der Waals surface area (Å²) in [6.45, 7) is 3.10. The lowest BCUT2D eigenvalue weighted by molar-refractivity contribution is -0.134. The van der Waals surface area contributed by atoms with Crippen LogP contribution < -0.4 is 10.1 Å². The van der Waals surface area contributed by atoms with Gasteiger partial charge < -0.3 is 9.64 Å². The van der Waals surface area contributed by atoms with E-state index in [1.165, 1.54) is 22.7 Å². The summed E-state index contributed by atoms with van der Waals surface area (Å²) in [6, 6.07) is 9.43. The standard InChI is InChI=1S/C20H19N3O3S2/c1-13-3-2-4-15(9-13)26-11-18(24)23-7-5-16-17(10-23)28-20(21-16)22-19(25)14-6-8-27-12-14/h2-4,6,8-9,12H,5,7,10-11H2,1H3,(H,21,22,25). The van der Waals surface area contributed by atoms with Gasteiger partial charge in [-0.2, -0.15) is 11.3 Å². The third-order valence-electron chi connectivity index (χ3n) is 4.44. The van der Waals surface area contributed by atoms with Crippen molar-refractivity contribution in [2.45, 2.75) is 19.9 Å². The number of anilines is 1. The zero-order valence-corrected chi connectivity index (χ0v) is 16.9. The fourth-order valence-electron chi connectivity index (χ4n) is 2.97. The Bertz CT molecular complexity index is 998. The van der Waals surface area contributed by atoms with E-state index in [0.29, 0.717) is 36.0 Å². The van der Waals surface area contributed by atoms with E-state index in [4.69, 9.17) is 4.74 Å². The summed E-state index contributed by atoms with van der Waals surface area (Å²) in [6.07, 6.45) is 0.677. The van der Waals surface area contributed by atoms with Gasteiger partial charge in [-0.1, -0.05) is 23.5 Å². The summed E-state index contributed by atoms with van der Waals surface area (Å²) in [5.41, 5.74) is 2.67. The lowest BCUT2D eigenvalue weighted by atomic mass is 10.2. The number of aromatic nitrogens is 1. The van der Waals surface area contributed by atoms with Crippen LogP contribution in [0.1, 0.15) is 26.5 Å². The maximum atomic E-state index is 12.5. The van der Waals surface area contributed by atoms with Gasteiger partial charge >= 0.3 is 0 Å². The summed E-state index contributed by atoms with van der Waals surface area (Å²) >= 11 is 2.90. The van der Waals surface area contributed by atoms with Crippen LogP contribution in [0.3, 0.4) is 0 Å². The zero-order chi connectivity index (χ0) is 19.5. The summed E-state index contributed by atoms with van der Waals surface area (Å²) in [5.74, 6) is 0.485. The molecule has 3 aromatic rings. The van der Waals surface area contributed by atoms with Crippen molar-refractivity contribution in [2.24, 2.45) is 0 Å². The summed E-state index contributed by atoms with van der Waals surface area (Å²) < 4.78 is 5.63. The first-order valence-electron chi connectivity index (χ1n) is 8.88. The molecule has 0 bridgehead atoms. The van der Waals surface area contributed by atoms with Gasteiger partial charge in [0.1, 0.15) is 5.75 Å². The number of carbonyl (C=O) groups is 2. The molecule has 0 aliphatic carbocycles. The van der Waals surface area contributed by atoms with Crippen molar-refractivity contribution in [3.8, 4) is 5.75 Å². The first-order chi connectivity index (χ1) is 13.6. The van der Waals surface area contributed by atoms with Crippen molar-refractivity contribution in [3.05, 3.63) is 62.8 Å². The molecule has 4 rings (SSSR count). The molecule has 1 aromatic carbocycles. The van der Waals surface area contributed by atoms with E-state index >= 15 is 0 Å². The third-order valence-corrected chi connectivity index (χ3v) is 6.12. The highest BCUT2D eigenvalue weighted by atomic mass is 32.1. The van der Waals surface area contributed by atoms with Crippen LogP contribution >= 0.6 is 22.7 Å². The van der Waals surface area contributed by atoms with Gasteiger partial charge in [-0.25, -0.2) is 4.98 Å². The van der Waals surface area contributed by atoms with Crippen LogP contribution in [-0.2, 0) is 17.8 Å². The molecule has 2 aromatic heterocycles. The van der Waals surface area contributed by atoms with E-state index in [1.807, 2.05) is 36.6 Å². The SMILES string of the molecule is Cc1cccc(OCC(=O)N2CCc3nc(NC(=O)c4ccsc4)sc3C2)c1. The van der Waals surface area contributed by atoms with Crippen LogP contribution in [0.2, 0.25) is 0 Å². The predicted octanol–water partition coefficient (Wildman–Crippen LogP) is 3.73. The minimum atomic E-state index is -0.160. The van der Waals surface area contributed by atoms with Crippen LogP contribution in [0.15, 0.2) is 41.1 Å². The van der Waals surface area contributed by atoms with E-state index in [9.17, 15) is 9.59 Å². The van der Waals surface area contributed by atoms with E-state index in [1.54, 1.807) is 16.3 Å². The first kappa shape index (κ1) is 18.6. The number of rotatable bonds is 5. The molecule has 1 N–H and O–H groups in total. The zero-order valence-electron chi connectivity index (χ0n) is 15.3. The minimum absolute atomic E-state index is 0.0132. The number of thiophene rings is 1. The van der Waals surface area contributed by atoms with Crippen molar-refractivity contribution in [1.82, 2.24) is 9.88 Å². The molecule has 28 heavy (non-hydrogen) atoms. The van der Waals surface area contributed by atoms with Crippen LogP contribution in [0.25, 0.3) is 0 Å². The molecule has 0 spiro atoms. The second-order valence-electron chi connectivity index (χ2n) is 6.53. The second kappa shape index (κ2) is 8.12. The number of hydrogen-bond acceptors (Lipinski definition) is 6. The van der Waals surface area contributed by atoms with Gasteiger partial charge in [0.2, 0.25) is 0 Å². The fraction of sp³-hybridized carbons (Fsp3) is 0.250. The highest BCUT2D eigenvalue weighted by Crippen LogP contribution is 2.29. The number of benzene rings is 1. The maximum absolute atomic E-state index is 12.5. The largest absolute Gasteiger partial charge is 0.484 e. The second-order valence-corrected chi connectivity index (χ2v) is 8.39. The smallest absolute Gasteiger partial charge is 0.260 e. The molecule has 0 saturated carbocycles. The molecule has 0 radical (unpaired) electrons. The molecule has 8 heteroatoms. The minimum Gasteiger partial charge on any atom is -0.484 e. The Morgan fingerprint density at radius 2 is 2.21 bits per heavy atom. The number of thiazole rings is 1. The van der Waals surface area contributed by atoms with Gasteiger partial charge in [-0.05, 0) is 36.1 Å². The molecular formula is C20H19N3O3S2. The van der Waals surface area contributed by atoms with Crippen molar-refractivity contribution in [2.75, 3.05) is 18.5 Å². The van der Waals surface area contributed by atoms with Crippen LogP contribution in [0.4, 0.5) is 5.13 Å². The molecule has 2 amide bonds. The van der Waals surface area contributed by atoms with Gasteiger partial charge in [0, 0.05) is 23.2 Å². The number of hydrogen-bond donors (Lipinski definition) is 1. The Hall–Kier alpha value is -2.71. The van der Waals surface area contributed by atoms with Gasteiger partial charge in [-0.3, -0.25) is 14.9 Å². The molecule has 0 unspecified atom stereocenters. The van der Waals surface area contributed by atoms with E-state index in [0.717, 1.165) is 16.1 Å². The number of carbonyl (C=O) groups excluding carboxylic acids is 2. The summed E-state index contributed by atoms with van der Waals surface area (Å²) in [7, 11) is 0. The quantitative estimate of drug-likeness (QED) is 0.692. The topological polar surface area (TPSA) is 71.5 Å². The lowest BCUT2D eigenvalue weighted by Crippen LogP contribution is -2.38. The molecular weight excluding hydrogens is 394 g/mol. The molecule has 3 heterocycles. The molecule has 1 aliphatic heterocycles. The first-order valence-corrected chi connectivity index (χ1v) is 10.6. The van der Waals surface area contributed by atoms with Crippen molar-refractivity contribution in [3.63, 3.8) is 0 Å². The van der Waals surface area contributed by atoms with Crippen molar-refractivity contribution < 1.29 is 14.3 Å². The number of nitrogens with one attached hydrogen (secondary N) is 1. The molecule has 6 nitrogen and oxygen atoms in total. The Labute approximate surface area is 170 Å². The number of nitrogens with zero attached hydrogens (tertiary/aromatic N) is 2. The van der Waals surface area contributed by atoms with Gasteiger partial charge in [0.25, 0.3) is 11.8 Å². The molecule has 144 valence electrons. The van der Waals surface area contributed by atoms with E-state index in [2.05, 4.69) is 10.3 Å². The van der Waals surface area contributed by atoms with Crippen LogP contribution in [0.5, 0.6) is 5.75 Å². The highest BCUT2D eigenvalue weighted by Gasteiger charge is 2.25. The Balaban J connectivity index is 1.35. The number of fused-ring (bicyclic) bond motifs is 1. The molecule has 0 fully saturated rings. The number of aryl methyl sites for hydroxylation is 1. The Morgan fingerprint density at radius 3 is 3.00 bits per heavy atom. The average molecular weight is 414 g/mol. The predicted molar refractivity (Wildman–Crippen MR) is 110 cm³/mol.